The van der Waals surface area contributed by atoms with Crippen molar-refractivity contribution in [3.63, 3.8) is 0 Å². The Morgan fingerprint density at radius 2 is 2.16 bits per heavy atom. The van der Waals surface area contributed by atoms with Gasteiger partial charge in [0, 0.05) is 4.88 Å². The zero-order valence-corrected chi connectivity index (χ0v) is 15.2. The number of aromatic amines is 1. The molecule has 128 valence electrons. The van der Waals surface area contributed by atoms with Crippen LogP contribution in [0.3, 0.4) is 0 Å². The van der Waals surface area contributed by atoms with Crippen LogP contribution in [0.1, 0.15) is 33.0 Å². The highest BCUT2D eigenvalue weighted by Crippen LogP contribution is 2.34. The molecule has 1 aromatic carbocycles. The van der Waals surface area contributed by atoms with Crippen molar-refractivity contribution in [3.8, 4) is 0 Å². The Balaban J connectivity index is 1.58. The van der Waals surface area contributed by atoms with E-state index >= 15 is 0 Å². The van der Waals surface area contributed by atoms with Gasteiger partial charge >= 0.3 is 5.97 Å². The molecule has 25 heavy (non-hydrogen) atoms. The Morgan fingerprint density at radius 3 is 3.00 bits per heavy atom. The van der Waals surface area contributed by atoms with Gasteiger partial charge in [0.25, 0.3) is 5.56 Å². The van der Waals surface area contributed by atoms with Crippen molar-refractivity contribution >= 4 is 50.7 Å². The Morgan fingerprint density at radius 1 is 1.32 bits per heavy atom. The third-order valence-corrected chi connectivity index (χ3v) is 6.14. The molecule has 2 aromatic heterocycles. The summed E-state index contributed by atoms with van der Waals surface area (Å²) in [6.07, 6.45) is 2.99. The Hall–Kier alpha value is -1.89. The van der Waals surface area contributed by atoms with Crippen LogP contribution in [0.15, 0.2) is 23.0 Å². The highest BCUT2D eigenvalue weighted by molar-refractivity contribution is 7.18. The molecule has 2 heterocycles. The summed E-state index contributed by atoms with van der Waals surface area (Å²) in [6, 6.07) is 4.73. The summed E-state index contributed by atoms with van der Waals surface area (Å²) in [7, 11) is 0. The maximum atomic E-state index is 12.4. The summed E-state index contributed by atoms with van der Waals surface area (Å²) in [4.78, 5) is 33.6. The van der Waals surface area contributed by atoms with Crippen molar-refractivity contribution in [2.45, 2.75) is 25.9 Å². The number of nitrogens with zero attached hydrogens (tertiary/aromatic N) is 1. The lowest BCUT2D eigenvalue weighted by Gasteiger charge is -2.07. The van der Waals surface area contributed by atoms with E-state index in [1.165, 1.54) is 22.3 Å². The number of aryl methyl sites for hydroxylation is 2. The van der Waals surface area contributed by atoms with Crippen molar-refractivity contribution in [2.24, 2.45) is 0 Å². The number of ether oxygens (including phenoxy) is 1. The number of rotatable bonds is 3. The first kappa shape index (κ1) is 16.6. The average Bonchev–Trinajstić information content (AvgIpc) is 3.15. The molecule has 1 aliphatic carbocycles. The van der Waals surface area contributed by atoms with Crippen LogP contribution in [0.5, 0.6) is 0 Å². The molecular formula is C17H12Cl2N2O3S. The minimum atomic E-state index is -0.621. The number of hydrogen-bond donors (Lipinski definition) is 1. The number of halogens is 2. The highest BCUT2D eigenvalue weighted by atomic mass is 35.5. The molecule has 1 aliphatic rings. The summed E-state index contributed by atoms with van der Waals surface area (Å²) < 4.78 is 5.22. The van der Waals surface area contributed by atoms with Gasteiger partial charge in [0.2, 0.25) is 0 Å². The number of H-pyrrole nitrogens is 1. The van der Waals surface area contributed by atoms with Gasteiger partial charge < -0.3 is 9.72 Å². The van der Waals surface area contributed by atoms with Crippen LogP contribution in [0, 0.1) is 0 Å². The largest absolute Gasteiger partial charge is 0.454 e. The van der Waals surface area contributed by atoms with E-state index in [-0.39, 0.29) is 27.8 Å². The smallest absolute Gasteiger partial charge is 0.340 e. The molecule has 0 amide bonds. The highest BCUT2D eigenvalue weighted by Gasteiger charge is 2.21. The summed E-state index contributed by atoms with van der Waals surface area (Å²) in [6.45, 7) is -0.143. The second kappa shape index (κ2) is 6.44. The summed E-state index contributed by atoms with van der Waals surface area (Å²) in [5, 5.41) is 1.09. The maximum absolute atomic E-state index is 12.4. The molecule has 4 rings (SSSR count). The molecular weight excluding hydrogens is 383 g/mol. The fraction of sp³-hybridized carbons (Fsp3) is 0.235. The van der Waals surface area contributed by atoms with E-state index < -0.39 is 5.97 Å². The van der Waals surface area contributed by atoms with Crippen molar-refractivity contribution in [2.75, 3.05) is 0 Å². The number of carbonyl (C=O) groups excluding carboxylic acids is 1. The van der Waals surface area contributed by atoms with Crippen LogP contribution in [0.25, 0.3) is 10.2 Å². The number of carbonyl (C=O) groups is 1. The average molecular weight is 395 g/mol. The van der Waals surface area contributed by atoms with Gasteiger partial charge in [0.15, 0.2) is 0 Å². The quantitative estimate of drug-likeness (QED) is 0.677. The molecule has 8 heteroatoms. The van der Waals surface area contributed by atoms with Crippen LogP contribution >= 0.6 is 34.5 Å². The van der Waals surface area contributed by atoms with Crippen molar-refractivity contribution in [1.82, 2.24) is 9.97 Å². The molecule has 0 spiro atoms. The van der Waals surface area contributed by atoms with Crippen LogP contribution in [-0.2, 0) is 24.2 Å². The number of benzene rings is 1. The monoisotopic (exact) mass is 394 g/mol. The molecule has 0 aliphatic heterocycles. The van der Waals surface area contributed by atoms with E-state index in [9.17, 15) is 9.59 Å². The number of fused-ring (bicyclic) bond motifs is 3. The molecule has 0 saturated carbocycles. The van der Waals surface area contributed by atoms with Crippen molar-refractivity contribution < 1.29 is 9.53 Å². The predicted octanol–water partition coefficient (Wildman–Crippen LogP) is 4.14. The van der Waals surface area contributed by atoms with E-state index in [4.69, 9.17) is 27.9 Å². The fourth-order valence-corrected chi connectivity index (χ4v) is 4.65. The summed E-state index contributed by atoms with van der Waals surface area (Å²) >= 11 is 13.5. The van der Waals surface area contributed by atoms with Gasteiger partial charge in [-0.05, 0) is 37.0 Å². The first-order valence-electron chi connectivity index (χ1n) is 7.69. The standard InChI is InChI=1S/C17H12Cl2N2O3S/c18-10-5-1-4-9(14(10)19)17(23)24-7-12-20-15(22)13-8-3-2-6-11(8)25-16(13)21-12/h1,4-5H,2-3,6-7H2,(H,20,21,22). The number of nitrogens with one attached hydrogen (secondary N) is 1. The molecule has 0 bridgehead atoms. The van der Waals surface area contributed by atoms with Crippen LogP contribution in [0.4, 0.5) is 0 Å². The van der Waals surface area contributed by atoms with E-state index in [2.05, 4.69) is 9.97 Å². The van der Waals surface area contributed by atoms with E-state index in [0.29, 0.717) is 16.0 Å². The normalized spacial score (nSPS) is 13.2. The van der Waals surface area contributed by atoms with Gasteiger partial charge in [-0.1, -0.05) is 29.3 Å². The van der Waals surface area contributed by atoms with Crippen molar-refractivity contribution in [1.29, 1.82) is 0 Å². The molecule has 0 saturated heterocycles. The second-order valence-electron chi connectivity index (χ2n) is 5.73. The van der Waals surface area contributed by atoms with Crippen LogP contribution in [-0.4, -0.2) is 15.9 Å². The zero-order chi connectivity index (χ0) is 17.6. The maximum Gasteiger partial charge on any atom is 0.340 e. The third-order valence-electron chi connectivity index (χ3n) is 4.14. The lowest BCUT2D eigenvalue weighted by molar-refractivity contribution is 0.0462. The van der Waals surface area contributed by atoms with E-state index in [0.717, 1.165) is 24.8 Å². The number of hydrogen-bond acceptors (Lipinski definition) is 5. The molecule has 1 N–H and O–H groups in total. The van der Waals surface area contributed by atoms with Gasteiger partial charge in [0.05, 0.1) is 21.0 Å². The van der Waals surface area contributed by atoms with Gasteiger partial charge in [-0.3, -0.25) is 4.79 Å². The SMILES string of the molecule is O=C(OCc1nc2sc3c(c2c(=O)[nH]1)CCC3)c1cccc(Cl)c1Cl. The Labute approximate surface area is 156 Å². The minimum Gasteiger partial charge on any atom is -0.454 e. The number of esters is 1. The molecule has 5 nitrogen and oxygen atoms in total. The lowest BCUT2D eigenvalue weighted by Crippen LogP contribution is -2.14. The van der Waals surface area contributed by atoms with E-state index in [1.807, 2.05) is 0 Å². The Bertz CT molecular complexity index is 1060. The summed E-state index contributed by atoms with van der Waals surface area (Å²) in [5.74, 6) is -0.312. The van der Waals surface area contributed by atoms with Gasteiger partial charge in [-0.25, -0.2) is 9.78 Å². The van der Waals surface area contributed by atoms with Crippen LogP contribution in [0.2, 0.25) is 10.0 Å². The zero-order valence-electron chi connectivity index (χ0n) is 12.9. The number of aromatic nitrogens is 2. The van der Waals surface area contributed by atoms with Gasteiger partial charge in [-0.2, -0.15) is 0 Å². The summed E-state index contributed by atoms with van der Waals surface area (Å²) in [5.41, 5.74) is 1.10. The van der Waals surface area contributed by atoms with Gasteiger partial charge in [-0.15, -0.1) is 11.3 Å². The molecule has 0 fully saturated rings. The Kier molecular flexibility index (Phi) is 4.27. The molecule has 0 atom stereocenters. The first-order chi connectivity index (χ1) is 12.0. The third kappa shape index (κ3) is 2.94. The molecule has 0 unspecified atom stereocenters. The number of thiophene rings is 1. The molecule has 3 aromatic rings. The van der Waals surface area contributed by atoms with Crippen LogP contribution < -0.4 is 5.56 Å². The minimum absolute atomic E-state index is 0.140. The second-order valence-corrected chi connectivity index (χ2v) is 7.60. The van der Waals surface area contributed by atoms with Crippen molar-refractivity contribution in [3.05, 3.63) is 60.4 Å². The fourth-order valence-electron chi connectivity index (χ4n) is 2.99. The first-order valence-corrected chi connectivity index (χ1v) is 9.26. The van der Waals surface area contributed by atoms with E-state index in [1.54, 1.807) is 12.1 Å². The molecule has 0 radical (unpaired) electrons. The lowest BCUT2D eigenvalue weighted by atomic mass is 10.2. The van der Waals surface area contributed by atoms with Gasteiger partial charge in [0.1, 0.15) is 17.3 Å². The topological polar surface area (TPSA) is 72.0 Å². The predicted molar refractivity (Wildman–Crippen MR) is 97.8 cm³/mol.